The predicted octanol–water partition coefficient (Wildman–Crippen LogP) is -2.01. The van der Waals surface area contributed by atoms with E-state index in [-0.39, 0.29) is 55.8 Å². The van der Waals surface area contributed by atoms with Crippen molar-refractivity contribution in [1.29, 1.82) is 0 Å². The maximum Gasteiger partial charge on any atom is 1.00 e. The smallest absolute Gasteiger partial charge is 0.744 e. The van der Waals surface area contributed by atoms with Gasteiger partial charge in [-0.2, -0.15) is 15.4 Å². The van der Waals surface area contributed by atoms with Crippen molar-refractivity contribution in [2.45, 2.75) is 4.90 Å². The minimum absolute atomic E-state index is 0. The Bertz CT molecular complexity index is 716. The van der Waals surface area contributed by atoms with Gasteiger partial charge in [0.05, 0.1) is 5.97 Å². The number of aliphatic carboxylic acids is 1. The summed E-state index contributed by atoms with van der Waals surface area (Å²) in [5.74, 6) is -1.96. The van der Waals surface area contributed by atoms with Crippen LogP contribution in [0.5, 0.6) is 5.75 Å². The summed E-state index contributed by atoms with van der Waals surface area (Å²) < 4.78 is 38.1. The standard InChI is InChI=1S/C8H7N3O6S.2Ag/c12-6(13)3-17-5-2-1-4-7(10-11-9-4)8(5)18(14,15)16;;/h1-2H,3H2,(H,12,13)(H,9,10,11)(H,14,15,16);;/q;2*+1/p-2. The molecule has 1 heterocycles. The van der Waals surface area contributed by atoms with Crippen LogP contribution in [0.2, 0.25) is 0 Å². The van der Waals surface area contributed by atoms with E-state index in [9.17, 15) is 22.9 Å². The Hall–Kier alpha value is -0.719. The second-order valence-corrected chi connectivity index (χ2v) is 4.52. The molecular weight excluding hydrogens is 482 g/mol. The Morgan fingerprint density at radius 2 is 1.95 bits per heavy atom. The molecule has 1 aromatic carbocycles. The van der Waals surface area contributed by atoms with Gasteiger partial charge in [-0.3, -0.25) is 0 Å². The number of nitrogens with zero attached hydrogens (tertiary/aromatic N) is 2. The van der Waals surface area contributed by atoms with Gasteiger partial charge in [0, 0.05) is 0 Å². The van der Waals surface area contributed by atoms with E-state index >= 15 is 0 Å². The predicted molar refractivity (Wildman–Crippen MR) is 52.4 cm³/mol. The number of fused-ring (bicyclic) bond motifs is 1. The second kappa shape index (κ2) is 7.33. The maximum atomic E-state index is 11.1. The summed E-state index contributed by atoms with van der Waals surface area (Å²) in [5, 5.41) is 19.5. The number of carbonyl (C=O) groups is 1. The van der Waals surface area contributed by atoms with Crippen LogP contribution in [0.1, 0.15) is 0 Å². The SMILES string of the molecule is O=C([O-])COc1ccc2n[nH]nc2c1S(=O)(=O)[O-].[Ag+].[Ag+]. The van der Waals surface area contributed by atoms with Gasteiger partial charge in [0.2, 0.25) is 0 Å². The molecule has 2 aromatic rings. The Morgan fingerprint density at radius 3 is 2.50 bits per heavy atom. The Labute approximate surface area is 143 Å². The second-order valence-electron chi connectivity index (χ2n) is 3.20. The minimum Gasteiger partial charge on any atom is -0.744 e. The molecular formula is C8H5Ag2N3O6S. The number of carboxylic acids is 1. The molecule has 0 fully saturated rings. The molecule has 0 amide bonds. The number of hydrogen-bond acceptors (Lipinski definition) is 8. The molecule has 0 saturated heterocycles. The Balaban J connectivity index is 0.00000180. The number of rotatable bonds is 4. The van der Waals surface area contributed by atoms with Crippen LogP contribution in [-0.4, -0.2) is 41.0 Å². The number of benzene rings is 1. The maximum absolute atomic E-state index is 11.1. The number of hydrogen-bond donors (Lipinski definition) is 1. The van der Waals surface area contributed by atoms with Crippen LogP contribution in [0.15, 0.2) is 17.0 Å². The average Bonchev–Trinajstić information content (AvgIpc) is 2.71. The van der Waals surface area contributed by atoms with Crippen LogP contribution in [0.25, 0.3) is 11.0 Å². The molecule has 0 aliphatic carbocycles. The summed E-state index contributed by atoms with van der Waals surface area (Å²) in [6.07, 6.45) is 0. The molecule has 0 aliphatic rings. The van der Waals surface area contributed by atoms with Crippen molar-refractivity contribution in [1.82, 2.24) is 15.4 Å². The molecule has 0 radical (unpaired) electrons. The molecule has 0 bridgehead atoms. The minimum atomic E-state index is -4.89. The van der Waals surface area contributed by atoms with E-state index in [1.807, 2.05) is 0 Å². The molecule has 1 aromatic heterocycles. The average molecular weight is 487 g/mol. The van der Waals surface area contributed by atoms with Gasteiger partial charge in [-0.15, -0.1) is 0 Å². The number of H-pyrrole nitrogens is 1. The van der Waals surface area contributed by atoms with Gasteiger partial charge < -0.3 is 19.2 Å². The fourth-order valence-corrected chi connectivity index (χ4v) is 2.12. The number of nitrogens with one attached hydrogen (secondary N) is 1. The zero-order valence-corrected chi connectivity index (χ0v) is 13.0. The van der Waals surface area contributed by atoms with E-state index in [2.05, 4.69) is 20.1 Å². The summed E-state index contributed by atoms with van der Waals surface area (Å²) in [5.41, 5.74) is -0.0638. The topological polar surface area (TPSA) is 148 Å². The Morgan fingerprint density at radius 1 is 1.30 bits per heavy atom. The van der Waals surface area contributed by atoms with Crippen molar-refractivity contribution >= 4 is 27.1 Å². The number of aromatic amines is 1. The summed E-state index contributed by atoms with van der Waals surface area (Å²) in [7, 11) is -4.89. The third-order valence-electron chi connectivity index (χ3n) is 2.00. The van der Waals surface area contributed by atoms with Crippen LogP contribution in [-0.2, 0) is 59.7 Å². The van der Waals surface area contributed by atoms with Crippen LogP contribution in [0, 0.1) is 0 Å². The van der Waals surface area contributed by atoms with Gasteiger partial charge in [0.15, 0.2) is 0 Å². The molecule has 2 rings (SSSR count). The van der Waals surface area contributed by atoms with Gasteiger partial charge in [-0.05, 0) is 12.1 Å². The first-order valence-corrected chi connectivity index (χ1v) is 5.92. The number of ether oxygens (including phenoxy) is 1. The number of carbonyl (C=O) groups excluding carboxylic acids is 1. The van der Waals surface area contributed by atoms with Crippen molar-refractivity contribution in [3.63, 3.8) is 0 Å². The molecule has 9 nitrogen and oxygen atoms in total. The van der Waals surface area contributed by atoms with Crippen LogP contribution in [0.4, 0.5) is 0 Å². The summed E-state index contributed by atoms with van der Waals surface area (Å²) >= 11 is 0. The number of carboxylic acid groups (broad SMARTS) is 1. The quantitative estimate of drug-likeness (QED) is 0.385. The van der Waals surface area contributed by atoms with Crippen molar-refractivity contribution in [3.05, 3.63) is 12.1 Å². The van der Waals surface area contributed by atoms with Crippen molar-refractivity contribution < 1.29 is 72.4 Å². The fraction of sp³-hybridized carbons (Fsp3) is 0.125. The molecule has 0 saturated carbocycles. The van der Waals surface area contributed by atoms with Gasteiger partial charge in [-0.25, -0.2) is 8.42 Å². The van der Waals surface area contributed by atoms with E-state index in [4.69, 9.17) is 0 Å². The zero-order chi connectivity index (χ0) is 13.3. The van der Waals surface area contributed by atoms with Crippen molar-refractivity contribution in [2.24, 2.45) is 0 Å². The summed E-state index contributed by atoms with van der Waals surface area (Å²) in [6, 6.07) is 2.46. The first-order chi connectivity index (χ1) is 8.39. The third-order valence-corrected chi connectivity index (χ3v) is 2.90. The Kier molecular flexibility index (Phi) is 7.07. The third kappa shape index (κ3) is 4.14. The molecule has 116 valence electrons. The molecule has 0 atom stereocenters. The zero-order valence-electron chi connectivity index (χ0n) is 9.22. The molecule has 0 unspecified atom stereocenters. The molecule has 20 heavy (non-hydrogen) atoms. The van der Waals surface area contributed by atoms with E-state index in [1.54, 1.807) is 0 Å². The van der Waals surface area contributed by atoms with Gasteiger partial charge in [-0.1, -0.05) is 0 Å². The van der Waals surface area contributed by atoms with Gasteiger partial charge in [0.1, 0.15) is 38.4 Å². The summed E-state index contributed by atoms with van der Waals surface area (Å²) in [4.78, 5) is 9.49. The fourth-order valence-electron chi connectivity index (χ4n) is 1.36. The van der Waals surface area contributed by atoms with E-state index in [0.717, 1.165) is 6.07 Å². The molecule has 12 heteroatoms. The van der Waals surface area contributed by atoms with E-state index in [0.29, 0.717) is 0 Å². The number of aromatic nitrogens is 3. The molecule has 0 aliphatic heterocycles. The normalized spacial score (nSPS) is 10.4. The van der Waals surface area contributed by atoms with Gasteiger partial charge >= 0.3 is 44.8 Å². The van der Waals surface area contributed by atoms with E-state index < -0.39 is 33.3 Å². The molecule has 1 N–H and O–H groups in total. The van der Waals surface area contributed by atoms with E-state index in [1.165, 1.54) is 6.07 Å². The van der Waals surface area contributed by atoms with Crippen LogP contribution in [0.3, 0.4) is 0 Å². The van der Waals surface area contributed by atoms with Gasteiger partial charge in [0.25, 0.3) is 0 Å². The van der Waals surface area contributed by atoms with Crippen molar-refractivity contribution in [3.8, 4) is 5.75 Å². The molecule has 0 spiro atoms. The van der Waals surface area contributed by atoms with Crippen molar-refractivity contribution in [2.75, 3.05) is 6.61 Å². The first kappa shape index (κ1) is 19.3. The monoisotopic (exact) mass is 485 g/mol. The van der Waals surface area contributed by atoms with Crippen LogP contribution >= 0.6 is 0 Å². The first-order valence-electron chi connectivity index (χ1n) is 4.51. The van der Waals surface area contributed by atoms with Crippen LogP contribution < -0.4 is 9.84 Å². The summed E-state index contributed by atoms with van der Waals surface area (Å²) in [6.45, 7) is -0.883. The largest absolute Gasteiger partial charge is 1.00 e.